The minimum Gasteiger partial charge on any atom is -0.376 e. The molecule has 0 radical (unpaired) electrons. The van der Waals surface area contributed by atoms with E-state index in [-0.39, 0.29) is 28.7 Å². The van der Waals surface area contributed by atoms with Crippen LogP contribution in [0.1, 0.15) is 44.1 Å². The van der Waals surface area contributed by atoms with Crippen molar-refractivity contribution in [2.45, 2.75) is 62.5 Å². The van der Waals surface area contributed by atoms with Crippen LogP contribution in [-0.4, -0.2) is 74.4 Å². The Balaban J connectivity index is 1.32. The zero-order valence-corrected chi connectivity index (χ0v) is 19.5. The molecule has 3 aliphatic heterocycles. The number of nitrogens with one attached hydrogen (secondary N) is 1. The predicted octanol–water partition coefficient (Wildman–Crippen LogP) is 1.68. The van der Waals surface area contributed by atoms with Gasteiger partial charge in [-0.25, -0.2) is 8.42 Å². The zero-order chi connectivity index (χ0) is 22.7. The van der Waals surface area contributed by atoms with Gasteiger partial charge < -0.3 is 15.0 Å². The lowest BCUT2D eigenvalue weighted by molar-refractivity contribution is -0.142. The third kappa shape index (κ3) is 5.00. The average molecular weight is 464 g/mol. The molecule has 1 N–H and O–H groups in total. The number of rotatable bonds is 6. The number of amides is 2. The van der Waals surface area contributed by atoms with E-state index in [4.69, 9.17) is 4.74 Å². The van der Waals surface area contributed by atoms with E-state index in [0.717, 1.165) is 31.4 Å². The molecule has 32 heavy (non-hydrogen) atoms. The molecule has 3 aliphatic rings. The summed E-state index contributed by atoms with van der Waals surface area (Å²) in [6, 6.07) is 6.41. The Hall–Kier alpha value is -1.97. The van der Waals surface area contributed by atoms with Gasteiger partial charge >= 0.3 is 0 Å². The van der Waals surface area contributed by atoms with E-state index in [1.165, 1.54) is 4.31 Å². The first-order valence-electron chi connectivity index (χ1n) is 11.6. The number of carbonyl (C=O) groups is 2. The summed E-state index contributed by atoms with van der Waals surface area (Å²) in [6.45, 7) is 4.37. The Morgan fingerprint density at radius 2 is 1.75 bits per heavy atom. The van der Waals surface area contributed by atoms with Gasteiger partial charge in [-0.15, -0.1) is 0 Å². The lowest BCUT2D eigenvalue weighted by Gasteiger charge is -2.34. The lowest BCUT2D eigenvalue weighted by atomic mass is 9.96. The molecule has 9 heteroatoms. The number of carbonyl (C=O) groups excluding carboxylic acids is 2. The number of aryl methyl sites for hydroxylation is 1. The number of hydrogen-bond donors (Lipinski definition) is 1. The van der Waals surface area contributed by atoms with E-state index in [1.807, 2.05) is 6.92 Å². The number of hydrogen-bond acceptors (Lipinski definition) is 5. The van der Waals surface area contributed by atoms with Crippen LogP contribution < -0.4 is 5.32 Å². The molecule has 8 nitrogen and oxygen atoms in total. The number of piperidine rings is 1. The molecular weight excluding hydrogens is 430 g/mol. The van der Waals surface area contributed by atoms with Gasteiger partial charge in [0.05, 0.1) is 11.0 Å². The third-order valence-electron chi connectivity index (χ3n) is 6.83. The van der Waals surface area contributed by atoms with Gasteiger partial charge in [-0.2, -0.15) is 4.31 Å². The van der Waals surface area contributed by atoms with Crippen LogP contribution >= 0.6 is 0 Å². The highest BCUT2D eigenvalue weighted by Crippen LogP contribution is 2.28. The second-order valence-corrected chi connectivity index (χ2v) is 11.0. The summed E-state index contributed by atoms with van der Waals surface area (Å²) >= 11 is 0. The maximum atomic E-state index is 13.2. The fraction of sp³-hybridized carbons (Fsp3) is 0.652. The van der Waals surface area contributed by atoms with Gasteiger partial charge in [0.15, 0.2) is 0 Å². The highest BCUT2D eigenvalue weighted by molar-refractivity contribution is 7.89. The highest BCUT2D eigenvalue weighted by Gasteiger charge is 2.39. The molecule has 2 amide bonds. The molecule has 176 valence electrons. The number of sulfonamides is 1. The standard InChI is InChI=1S/C23H33N3O5S/c1-17-6-8-20(9-7-17)32(29,30)25-13-10-18(11-14-25)23(28)26-12-2-5-21(26)22(27)24-16-19-4-3-15-31-19/h6-9,18-19,21H,2-5,10-16H2,1H3,(H,24,27)/t19-,21-/m0/s1. The molecule has 0 saturated carbocycles. The van der Waals surface area contributed by atoms with Crippen molar-refractivity contribution in [1.29, 1.82) is 0 Å². The van der Waals surface area contributed by atoms with E-state index < -0.39 is 16.1 Å². The number of likely N-dealkylation sites (tertiary alicyclic amines) is 1. The maximum absolute atomic E-state index is 13.2. The van der Waals surface area contributed by atoms with E-state index in [2.05, 4.69) is 5.32 Å². The summed E-state index contributed by atoms with van der Waals surface area (Å²) in [5.74, 6) is -0.371. The van der Waals surface area contributed by atoms with Crippen molar-refractivity contribution < 1.29 is 22.7 Å². The zero-order valence-electron chi connectivity index (χ0n) is 18.7. The fourth-order valence-electron chi connectivity index (χ4n) is 4.88. The molecule has 0 unspecified atom stereocenters. The molecule has 0 spiro atoms. The summed E-state index contributed by atoms with van der Waals surface area (Å²) in [5.41, 5.74) is 1.01. The van der Waals surface area contributed by atoms with E-state index in [1.54, 1.807) is 29.2 Å². The second-order valence-electron chi connectivity index (χ2n) is 9.06. The van der Waals surface area contributed by atoms with Crippen molar-refractivity contribution in [2.24, 2.45) is 5.92 Å². The molecule has 3 fully saturated rings. The quantitative estimate of drug-likeness (QED) is 0.693. The molecule has 0 bridgehead atoms. The molecule has 4 rings (SSSR count). The van der Waals surface area contributed by atoms with Crippen LogP contribution in [-0.2, 0) is 24.3 Å². The van der Waals surface area contributed by atoms with Crippen LogP contribution in [0.5, 0.6) is 0 Å². The van der Waals surface area contributed by atoms with Crippen molar-refractivity contribution in [3.05, 3.63) is 29.8 Å². The molecular formula is C23H33N3O5S. The van der Waals surface area contributed by atoms with Gasteiger partial charge in [0, 0.05) is 38.7 Å². The molecule has 1 aromatic rings. The summed E-state index contributed by atoms with van der Waals surface area (Å²) in [6.07, 6.45) is 4.48. The van der Waals surface area contributed by atoms with Crippen LogP contribution in [0, 0.1) is 12.8 Å². The minimum absolute atomic E-state index is 0.0212. The van der Waals surface area contributed by atoms with E-state index in [0.29, 0.717) is 45.4 Å². The SMILES string of the molecule is Cc1ccc(S(=O)(=O)N2CCC(C(=O)N3CCC[C@H]3C(=O)NC[C@@H]3CCCO3)CC2)cc1. The average Bonchev–Trinajstić information content (AvgIpc) is 3.49. The summed E-state index contributed by atoms with van der Waals surface area (Å²) in [5, 5.41) is 2.96. The summed E-state index contributed by atoms with van der Waals surface area (Å²) in [7, 11) is -3.55. The monoisotopic (exact) mass is 463 g/mol. The minimum atomic E-state index is -3.55. The first-order chi connectivity index (χ1) is 15.4. The Bertz CT molecular complexity index is 919. The molecule has 0 aliphatic carbocycles. The van der Waals surface area contributed by atoms with Crippen molar-refractivity contribution >= 4 is 21.8 Å². The maximum Gasteiger partial charge on any atom is 0.243 e. The number of nitrogens with zero attached hydrogens (tertiary/aromatic N) is 2. The van der Waals surface area contributed by atoms with Crippen LogP contribution in [0.3, 0.4) is 0 Å². The van der Waals surface area contributed by atoms with Crippen molar-refractivity contribution in [1.82, 2.24) is 14.5 Å². The normalized spacial score (nSPS) is 25.2. The van der Waals surface area contributed by atoms with Crippen LogP contribution in [0.15, 0.2) is 29.2 Å². The molecule has 1 aromatic carbocycles. The first kappa shape index (κ1) is 23.2. The highest BCUT2D eigenvalue weighted by atomic mass is 32.2. The first-order valence-corrected chi connectivity index (χ1v) is 13.1. The number of benzene rings is 1. The Labute approximate surface area is 190 Å². The van der Waals surface area contributed by atoms with Gasteiger partial charge in [0.2, 0.25) is 21.8 Å². The fourth-order valence-corrected chi connectivity index (χ4v) is 6.35. The molecule has 3 saturated heterocycles. The topological polar surface area (TPSA) is 96.0 Å². The van der Waals surface area contributed by atoms with Crippen LogP contribution in [0.4, 0.5) is 0 Å². The van der Waals surface area contributed by atoms with E-state index >= 15 is 0 Å². The Kier molecular flexibility index (Phi) is 7.17. The lowest BCUT2D eigenvalue weighted by Crippen LogP contribution is -2.50. The van der Waals surface area contributed by atoms with Gasteiger partial charge in [-0.05, 0) is 57.6 Å². The third-order valence-corrected chi connectivity index (χ3v) is 8.74. The summed E-state index contributed by atoms with van der Waals surface area (Å²) in [4.78, 5) is 27.9. The second kappa shape index (κ2) is 9.89. The van der Waals surface area contributed by atoms with E-state index in [9.17, 15) is 18.0 Å². The molecule has 2 atom stereocenters. The summed E-state index contributed by atoms with van der Waals surface area (Å²) < 4.78 is 32.9. The van der Waals surface area contributed by atoms with Crippen molar-refractivity contribution in [3.8, 4) is 0 Å². The van der Waals surface area contributed by atoms with Crippen molar-refractivity contribution in [3.63, 3.8) is 0 Å². The van der Waals surface area contributed by atoms with Crippen LogP contribution in [0.2, 0.25) is 0 Å². The van der Waals surface area contributed by atoms with Gasteiger partial charge in [-0.3, -0.25) is 9.59 Å². The van der Waals surface area contributed by atoms with Crippen LogP contribution in [0.25, 0.3) is 0 Å². The van der Waals surface area contributed by atoms with Gasteiger partial charge in [0.25, 0.3) is 0 Å². The predicted molar refractivity (Wildman–Crippen MR) is 119 cm³/mol. The Morgan fingerprint density at radius 1 is 1.03 bits per heavy atom. The van der Waals surface area contributed by atoms with Crippen molar-refractivity contribution in [2.75, 3.05) is 32.8 Å². The molecule has 3 heterocycles. The smallest absolute Gasteiger partial charge is 0.243 e. The van der Waals surface area contributed by atoms with Gasteiger partial charge in [-0.1, -0.05) is 17.7 Å². The van der Waals surface area contributed by atoms with Gasteiger partial charge in [0.1, 0.15) is 6.04 Å². The number of ether oxygens (including phenoxy) is 1. The largest absolute Gasteiger partial charge is 0.376 e. The Morgan fingerprint density at radius 3 is 2.41 bits per heavy atom. The molecule has 0 aromatic heterocycles.